The number of hydrogen-bond donors (Lipinski definition) is 2. The van der Waals surface area contributed by atoms with E-state index in [1.807, 2.05) is 13.8 Å². The van der Waals surface area contributed by atoms with Crippen LogP contribution in [0.15, 0.2) is 0 Å². The van der Waals surface area contributed by atoms with E-state index in [-0.39, 0.29) is 0 Å². The zero-order valence-electron chi connectivity index (χ0n) is 11.3. The van der Waals surface area contributed by atoms with Crippen LogP contribution in [0.2, 0.25) is 0 Å². The first kappa shape index (κ1) is 14.5. The fourth-order valence-electron chi connectivity index (χ4n) is 2.73. The molecule has 1 fully saturated rings. The van der Waals surface area contributed by atoms with Crippen molar-refractivity contribution in [3.05, 3.63) is 0 Å². The number of likely N-dealkylation sites (N-methyl/N-ethyl adjacent to an activating group) is 1. The van der Waals surface area contributed by atoms with Gasteiger partial charge in [-0.05, 0) is 38.8 Å². The Labute approximate surface area is 104 Å². The maximum atomic E-state index is 11.4. The van der Waals surface area contributed by atoms with Gasteiger partial charge < -0.3 is 10.4 Å². The van der Waals surface area contributed by atoms with Gasteiger partial charge in [-0.1, -0.05) is 20.8 Å². The molecule has 1 saturated heterocycles. The summed E-state index contributed by atoms with van der Waals surface area (Å²) in [5.41, 5.74) is -0.734. The largest absolute Gasteiger partial charge is 0.480 e. The monoisotopic (exact) mass is 242 g/mol. The molecule has 1 aliphatic rings. The van der Waals surface area contributed by atoms with Crippen molar-refractivity contribution in [3.8, 4) is 0 Å². The third-order valence-corrected chi connectivity index (χ3v) is 4.20. The molecule has 0 amide bonds. The second-order valence-electron chi connectivity index (χ2n) is 4.90. The van der Waals surface area contributed by atoms with Crippen LogP contribution < -0.4 is 5.32 Å². The normalized spacial score (nSPS) is 21.9. The van der Waals surface area contributed by atoms with Crippen molar-refractivity contribution in [1.29, 1.82) is 0 Å². The molecule has 0 aliphatic carbocycles. The lowest BCUT2D eigenvalue weighted by Gasteiger charge is -2.32. The van der Waals surface area contributed by atoms with Gasteiger partial charge in [0.1, 0.15) is 5.54 Å². The number of hydrogen-bond acceptors (Lipinski definition) is 3. The molecule has 0 bridgehead atoms. The molecule has 0 spiro atoms. The summed E-state index contributed by atoms with van der Waals surface area (Å²) >= 11 is 0. The summed E-state index contributed by atoms with van der Waals surface area (Å²) in [6, 6.07) is 0.511. The predicted octanol–water partition coefficient (Wildman–Crippen LogP) is 1.70. The number of carboxylic acid groups (broad SMARTS) is 1. The van der Waals surface area contributed by atoms with Crippen molar-refractivity contribution >= 4 is 5.97 Å². The minimum atomic E-state index is -0.734. The average molecular weight is 242 g/mol. The highest BCUT2D eigenvalue weighted by Crippen LogP contribution is 2.19. The summed E-state index contributed by atoms with van der Waals surface area (Å²) in [6.07, 6.45) is 3.69. The predicted molar refractivity (Wildman–Crippen MR) is 69.2 cm³/mol. The van der Waals surface area contributed by atoms with Crippen LogP contribution >= 0.6 is 0 Å². The van der Waals surface area contributed by atoms with Gasteiger partial charge in [0.05, 0.1) is 0 Å². The lowest BCUT2D eigenvalue weighted by atomic mass is 9.92. The van der Waals surface area contributed by atoms with Crippen molar-refractivity contribution < 1.29 is 9.90 Å². The fourth-order valence-corrected chi connectivity index (χ4v) is 2.73. The van der Waals surface area contributed by atoms with Crippen molar-refractivity contribution in [2.75, 3.05) is 19.6 Å². The van der Waals surface area contributed by atoms with Gasteiger partial charge in [-0.25, -0.2) is 0 Å². The van der Waals surface area contributed by atoms with E-state index >= 15 is 0 Å². The molecule has 1 atom stereocenters. The molecule has 0 aromatic rings. The van der Waals surface area contributed by atoms with E-state index in [1.54, 1.807) is 0 Å². The van der Waals surface area contributed by atoms with Crippen LogP contribution in [0.3, 0.4) is 0 Å². The Morgan fingerprint density at radius 2 is 2.06 bits per heavy atom. The van der Waals surface area contributed by atoms with E-state index in [0.717, 1.165) is 19.6 Å². The van der Waals surface area contributed by atoms with Crippen molar-refractivity contribution in [2.24, 2.45) is 0 Å². The Kier molecular flexibility index (Phi) is 5.40. The van der Waals surface area contributed by atoms with Crippen LogP contribution in [0.25, 0.3) is 0 Å². The van der Waals surface area contributed by atoms with Crippen molar-refractivity contribution in [3.63, 3.8) is 0 Å². The van der Waals surface area contributed by atoms with Gasteiger partial charge in [-0.15, -0.1) is 0 Å². The molecular weight excluding hydrogens is 216 g/mol. The molecule has 4 nitrogen and oxygen atoms in total. The second-order valence-corrected chi connectivity index (χ2v) is 4.90. The highest BCUT2D eigenvalue weighted by atomic mass is 16.4. The molecule has 0 saturated carbocycles. The molecule has 1 unspecified atom stereocenters. The summed E-state index contributed by atoms with van der Waals surface area (Å²) in [4.78, 5) is 13.8. The molecule has 0 aromatic carbocycles. The van der Waals surface area contributed by atoms with Gasteiger partial charge in [0, 0.05) is 12.6 Å². The molecule has 2 N–H and O–H groups in total. The number of aliphatic carboxylic acids is 1. The van der Waals surface area contributed by atoms with E-state index in [2.05, 4.69) is 17.1 Å². The van der Waals surface area contributed by atoms with Crippen LogP contribution in [-0.2, 0) is 4.79 Å². The van der Waals surface area contributed by atoms with Crippen molar-refractivity contribution in [1.82, 2.24) is 10.2 Å². The molecule has 100 valence electrons. The molecule has 1 heterocycles. The number of carboxylic acids is 1. The van der Waals surface area contributed by atoms with E-state index < -0.39 is 11.5 Å². The number of nitrogens with zero attached hydrogens (tertiary/aromatic N) is 1. The maximum Gasteiger partial charge on any atom is 0.323 e. The highest BCUT2D eigenvalue weighted by Gasteiger charge is 2.35. The first-order chi connectivity index (χ1) is 8.09. The smallest absolute Gasteiger partial charge is 0.323 e. The Balaban J connectivity index is 2.55. The van der Waals surface area contributed by atoms with E-state index in [9.17, 15) is 9.90 Å². The third-order valence-electron chi connectivity index (χ3n) is 4.20. The molecule has 17 heavy (non-hydrogen) atoms. The number of likely N-dealkylation sites (tertiary alicyclic amines) is 1. The molecule has 1 aliphatic heterocycles. The van der Waals surface area contributed by atoms with E-state index in [4.69, 9.17) is 0 Å². The first-order valence-corrected chi connectivity index (χ1v) is 6.82. The first-order valence-electron chi connectivity index (χ1n) is 6.82. The lowest BCUT2D eigenvalue weighted by Crippen LogP contribution is -2.54. The Bertz CT molecular complexity index is 252. The van der Waals surface area contributed by atoms with Gasteiger partial charge in [0.25, 0.3) is 0 Å². The van der Waals surface area contributed by atoms with Gasteiger partial charge in [0.2, 0.25) is 0 Å². The summed E-state index contributed by atoms with van der Waals surface area (Å²) in [5, 5.41) is 12.6. The topological polar surface area (TPSA) is 52.6 Å². The van der Waals surface area contributed by atoms with Crippen LogP contribution in [0.1, 0.15) is 46.5 Å². The Hall–Kier alpha value is -0.610. The zero-order chi connectivity index (χ0) is 12.9. The second kappa shape index (κ2) is 6.36. The van der Waals surface area contributed by atoms with Crippen molar-refractivity contribution in [2.45, 2.75) is 58.0 Å². The minimum absolute atomic E-state index is 0.511. The Morgan fingerprint density at radius 3 is 2.53 bits per heavy atom. The van der Waals surface area contributed by atoms with Gasteiger partial charge in [-0.2, -0.15) is 0 Å². The summed E-state index contributed by atoms with van der Waals surface area (Å²) in [7, 11) is 0. The highest BCUT2D eigenvalue weighted by molar-refractivity contribution is 5.78. The quantitative estimate of drug-likeness (QED) is 0.713. The van der Waals surface area contributed by atoms with Gasteiger partial charge in [0.15, 0.2) is 0 Å². The van der Waals surface area contributed by atoms with Gasteiger partial charge in [-0.3, -0.25) is 9.69 Å². The maximum absolute atomic E-state index is 11.4. The van der Waals surface area contributed by atoms with E-state index in [0.29, 0.717) is 18.9 Å². The average Bonchev–Trinajstić information content (AvgIpc) is 2.78. The van der Waals surface area contributed by atoms with Crippen LogP contribution in [-0.4, -0.2) is 47.2 Å². The van der Waals surface area contributed by atoms with Crippen LogP contribution in [0, 0.1) is 0 Å². The van der Waals surface area contributed by atoms with Crippen LogP contribution in [0.4, 0.5) is 0 Å². The summed E-state index contributed by atoms with van der Waals surface area (Å²) in [5.74, 6) is -0.719. The summed E-state index contributed by atoms with van der Waals surface area (Å²) < 4.78 is 0. The molecule has 1 rings (SSSR count). The fraction of sp³-hybridized carbons (Fsp3) is 0.923. The van der Waals surface area contributed by atoms with Gasteiger partial charge >= 0.3 is 5.97 Å². The standard InChI is InChI=1S/C13H26N2O2/c1-4-13(5-2,12(16)17)14-10-11-8-7-9-15(11)6-3/h11,14H,4-10H2,1-3H3,(H,16,17). The third kappa shape index (κ3) is 3.19. The minimum Gasteiger partial charge on any atom is -0.480 e. The summed E-state index contributed by atoms with van der Waals surface area (Å²) in [6.45, 7) is 9.06. The molecular formula is C13H26N2O2. The van der Waals surface area contributed by atoms with Crippen LogP contribution in [0.5, 0.6) is 0 Å². The molecule has 4 heteroatoms. The SMILES string of the molecule is CCN1CCCC1CNC(CC)(CC)C(=O)O. The number of carbonyl (C=O) groups is 1. The Morgan fingerprint density at radius 1 is 1.41 bits per heavy atom. The number of nitrogens with one attached hydrogen (secondary N) is 1. The van der Waals surface area contributed by atoms with E-state index in [1.165, 1.54) is 12.8 Å². The molecule has 0 radical (unpaired) electrons. The number of rotatable bonds is 7. The zero-order valence-corrected chi connectivity index (χ0v) is 11.3. The molecule has 0 aromatic heterocycles. The lowest BCUT2D eigenvalue weighted by molar-refractivity contribution is -0.145.